The van der Waals surface area contributed by atoms with Crippen molar-refractivity contribution in [2.75, 3.05) is 20.1 Å². The van der Waals surface area contributed by atoms with Crippen LogP contribution in [0, 0.1) is 0 Å². The number of rotatable bonds is 5. The van der Waals surface area contributed by atoms with Crippen LogP contribution in [0.1, 0.15) is 31.7 Å². The van der Waals surface area contributed by atoms with Gasteiger partial charge >= 0.3 is 0 Å². The number of hydrogen-bond donors (Lipinski definition) is 1. The third kappa shape index (κ3) is 3.33. The van der Waals surface area contributed by atoms with E-state index in [4.69, 9.17) is 0 Å². The van der Waals surface area contributed by atoms with E-state index in [0.717, 1.165) is 13.0 Å². The highest BCUT2D eigenvalue weighted by atomic mass is 15.2. The first-order valence-corrected chi connectivity index (χ1v) is 7.09. The predicted octanol–water partition coefficient (Wildman–Crippen LogP) is 1.42. The minimum absolute atomic E-state index is 0.583. The predicted molar refractivity (Wildman–Crippen MR) is 74.6 cm³/mol. The fourth-order valence-corrected chi connectivity index (χ4v) is 2.93. The summed E-state index contributed by atoms with van der Waals surface area (Å²) in [7, 11) is 4.05. The van der Waals surface area contributed by atoms with Gasteiger partial charge in [0.1, 0.15) is 0 Å². The first-order valence-electron chi connectivity index (χ1n) is 7.09. The van der Waals surface area contributed by atoms with Gasteiger partial charge in [0, 0.05) is 31.9 Å². The fourth-order valence-electron chi connectivity index (χ4n) is 2.93. The van der Waals surface area contributed by atoms with Crippen LogP contribution < -0.4 is 5.32 Å². The van der Waals surface area contributed by atoms with Crippen LogP contribution in [0.25, 0.3) is 0 Å². The van der Waals surface area contributed by atoms with Gasteiger partial charge in [0.05, 0.1) is 6.20 Å². The molecule has 0 aliphatic carbocycles. The lowest BCUT2D eigenvalue weighted by Gasteiger charge is -2.39. The molecule has 1 aromatic heterocycles. The highest BCUT2D eigenvalue weighted by Crippen LogP contribution is 2.20. The molecule has 2 rings (SSSR count). The second-order valence-electron chi connectivity index (χ2n) is 5.45. The normalized spacial score (nSPS) is 23.2. The van der Waals surface area contributed by atoms with Gasteiger partial charge in [-0.25, -0.2) is 0 Å². The summed E-state index contributed by atoms with van der Waals surface area (Å²) in [5.74, 6) is 0. The van der Waals surface area contributed by atoms with Crippen molar-refractivity contribution in [3.8, 4) is 0 Å². The molecular formula is C14H26N4. The van der Waals surface area contributed by atoms with E-state index in [9.17, 15) is 0 Å². The van der Waals surface area contributed by atoms with Gasteiger partial charge in [-0.05, 0) is 45.3 Å². The smallest absolute Gasteiger partial charge is 0.0522 e. The van der Waals surface area contributed by atoms with Gasteiger partial charge in [0.25, 0.3) is 0 Å². The molecular weight excluding hydrogens is 224 g/mol. The summed E-state index contributed by atoms with van der Waals surface area (Å²) < 4.78 is 1.89. The maximum absolute atomic E-state index is 4.24. The molecule has 4 heteroatoms. The number of aromatic nitrogens is 2. The van der Waals surface area contributed by atoms with Gasteiger partial charge in [-0.1, -0.05) is 6.42 Å². The first-order chi connectivity index (χ1) is 8.70. The van der Waals surface area contributed by atoms with E-state index in [2.05, 4.69) is 35.5 Å². The Morgan fingerprint density at radius 3 is 3.00 bits per heavy atom. The Labute approximate surface area is 110 Å². The Morgan fingerprint density at radius 2 is 2.33 bits per heavy atom. The van der Waals surface area contributed by atoms with Crippen LogP contribution in [0.3, 0.4) is 0 Å². The Kier molecular flexibility index (Phi) is 4.78. The van der Waals surface area contributed by atoms with E-state index in [-0.39, 0.29) is 0 Å². The zero-order valence-electron chi connectivity index (χ0n) is 11.9. The number of nitrogens with zero attached hydrogens (tertiary/aromatic N) is 3. The van der Waals surface area contributed by atoms with E-state index in [1.165, 1.54) is 31.4 Å². The maximum Gasteiger partial charge on any atom is 0.0522 e. The average molecular weight is 250 g/mol. The number of aryl methyl sites for hydroxylation is 1. The van der Waals surface area contributed by atoms with E-state index in [1.807, 2.05) is 17.9 Å². The third-order valence-corrected chi connectivity index (χ3v) is 4.14. The second kappa shape index (κ2) is 6.34. The van der Waals surface area contributed by atoms with Crippen molar-refractivity contribution in [1.82, 2.24) is 20.0 Å². The van der Waals surface area contributed by atoms with Crippen molar-refractivity contribution in [3.63, 3.8) is 0 Å². The van der Waals surface area contributed by atoms with Crippen molar-refractivity contribution >= 4 is 0 Å². The minimum atomic E-state index is 0.583. The molecule has 0 radical (unpaired) electrons. The fraction of sp³-hybridized carbons (Fsp3) is 0.786. The van der Waals surface area contributed by atoms with E-state index < -0.39 is 0 Å². The van der Waals surface area contributed by atoms with Gasteiger partial charge in [0.15, 0.2) is 0 Å². The lowest BCUT2D eigenvalue weighted by molar-refractivity contribution is 0.123. The van der Waals surface area contributed by atoms with Crippen molar-refractivity contribution in [1.29, 1.82) is 0 Å². The SMILES string of the molecule is CNC(C)C1CCCCN1CCc1cnn(C)c1. The molecule has 2 unspecified atom stereocenters. The molecule has 1 aromatic rings. The average Bonchev–Trinajstić information content (AvgIpc) is 2.81. The zero-order chi connectivity index (χ0) is 13.0. The largest absolute Gasteiger partial charge is 0.316 e. The standard InChI is InChI=1S/C14H26N4/c1-12(15-2)14-6-4-5-8-18(14)9-7-13-10-16-17(3)11-13/h10-12,14-15H,4-9H2,1-3H3. The number of hydrogen-bond acceptors (Lipinski definition) is 3. The summed E-state index contributed by atoms with van der Waals surface area (Å²) in [6, 6.07) is 1.28. The van der Waals surface area contributed by atoms with E-state index in [1.54, 1.807) is 0 Å². The molecule has 18 heavy (non-hydrogen) atoms. The van der Waals surface area contributed by atoms with E-state index in [0.29, 0.717) is 12.1 Å². The summed E-state index contributed by atoms with van der Waals surface area (Å²) in [4.78, 5) is 2.65. The third-order valence-electron chi connectivity index (χ3n) is 4.14. The van der Waals surface area contributed by atoms with Crippen molar-refractivity contribution in [2.24, 2.45) is 7.05 Å². The van der Waals surface area contributed by atoms with Crippen LogP contribution >= 0.6 is 0 Å². The van der Waals surface area contributed by atoms with Crippen molar-refractivity contribution in [3.05, 3.63) is 18.0 Å². The van der Waals surface area contributed by atoms with Crippen LogP contribution in [0.2, 0.25) is 0 Å². The highest BCUT2D eigenvalue weighted by molar-refractivity contribution is 5.04. The van der Waals surface area contributed by atoms with Crippen LogP contribution in [0.15, 0.2) is 12.4 Å². The molecule has 2 heterocycles. The number of likely N-dealkylation sites (tertiary alicyclic amines) is 1. The quantitative estimate of drug-likeness (QED) is 0.858. The Bertz CT molecular complexity index is 360. The molecule has 1 N–H and O–H groups in total. The van der Waals surface area contributed by atoms with Gasteiger partial charge in [-0.3, -0.25) is 9.58 Å². The van der Waals surface area contributed by atoms with Crippen LogP contribution in [-0.4, -0.2) is 46.9 Å². The number of likely N-dealkylation sites (N-methyl/N-ethyl adjacent to an activating group) is 1. The van der Waals surface area contributed by atoms with Crippen LogP contribution in [0.4, 0.5) is 0 Å². The van der Waals surface area contributed by atoms with Gasteiger partial charge < -0.3 is 5.32 Å². The monoisotopic (exact) mass is 250 g/mol. The molecule has 102 valence electrons. The number of nitrogens with one attached hydrogen (secondary N) is 1. The Hall–Kier alpha value is -0.870. The van der Waals surface area contributed by atoms with Crippen LogP contribution in [0.5, 0.6) is 0 Å². The number of piperidine rings is 1. The van der Waals surface area contributed by atoms with Gasteiger partial charge in [-0.2, -0.15) is 5.10 Å². The summed E-state index contributed by atoms with van der Waals surface area (Å²) >= 11 is 0. The Morgan fingerprint density at radius 1 is 1.50 bits per heavy atom. The molecule has 0 bridgehead atoms. The summed E-state index contributed by atoms with van der Waals surface area (Å²) in [5.41, 5.74) is 1.35. The lowest BCUT2D eigenvalue weighted by Crippen LogP contribution is -2.50. The summed E-state index contributed by atoms with van der Waals surface area (Å²) in [6.07, 6.45) is 9.27. The van der Waals surface area contributed by atoms with Crippen molar-refractivity contribution in [2.45, 2.75) is 44.7 Å². The molecule has 0 saturated carbocycles. The summed E-state index contributed by atoms with van der Waals surface area (Å²) in [6.45, 7) is 4.70. The lowest BCUT2D eigenvalue weighted by atomic mass is 9.96. The Balaban J connectivity index is 1.89. The molecule has 0 spiro atoms. The zero-order valence-corrected chi connectivity index (χ0v) is 11.9. The summed E-state index contributed by atoms with van der Waals surface area (Å²) in [5, 5.41) is 7.65. The molecule has 1 aliphatic rings. The molecule has 1 fully saturated rings. The first kappa shape index (κ1) is 13.6. The van der Waals surface area contributed by atoms with Gasteiger partial charge in [-0.15, -0.1) is 0 Å². The minimum Gasteiger partial charge on any atom is -0.316 e. The molecule has 1 aliphatic heterocycles. The molecule has 0 amide bonds. The van der Waals surface area contributed by atoms with E-state index >= 15 is 0 Å². The molecule has 4 nitrogen and oxygen atoms in total. The molecule has 0 aromatic carbocycles. The highest BCUT2D eigenvalue weighted by Gasteiger charge is 2.25. The van der Waals surface area contributed by atoms with Crippen molar-refractivity contribution < 1.29 is 0 Å². The van der Waals surface area contributed by atoms with Gasteiger partial charge in [0.2, 0.25) is 0 Å². The second-order valence-corrected chi connectivity index (χ2v) is 5.45. The van der Waals surface area contributed by atoms with Crippen LogP contribution in [-0.2, 0) is 13.5 Å². The topological polar surface area (TPSA) is 33.1 Å². The maximum atomic E-state index is 4.24. The molecule has 2 atom stereocenters. The molecule has 1 saturated heterocycles.